The van der Waals surface area contributed by atoms with Gasteiger partial charge in [-0.3, -0.25) is 4.98 Å². The molecule has 0 spiro atoms. The molecule has 0 radical (unpaired) electrons. The number of hydrogen-bond acceptors (Lipinski definition) is 9. The van der Waals surface area contributed by atoms with Crippen LogP contribution in [0.1, 0.15) is 68.8 Å². The van der Waals surface area contributed by atoms with Crippen molar-refractivity contribution in [2.45, 2.75) is 88.4 Å². The Morgan fingerprint density at radius 2 is 1.37 bits per heavy atom. The molecule has 0 saturated carbocycles. The van der Waals surface area contributed by atoms with E-state index < -0.39 is 54.3 Å². The largest absolute Gasteiger partial charge is 0.390 e. The second-order valence-electron chi connectivity index (χ2n) is 8.57. The molecule has 0 amide bonds. The summed E-state index contributed by atoms with van der Waals surface area (Å²) in [5.74, 6) is -1.77. The fourth-order valence-corrected chi connectivity index (χ4v) is 4.50. The van der Waals surface area contributed by atoms with Crippen molar-refractivity contribution in [3.8, 4) is 0 Å². The van der Waals surface area contributed by atoms with Gasteiger partial charge >= 0.3 is 0 Å². The lowest BCUT2D eigenvalue weighted by atomic mass is 9.87. The molecule has 0 unspecified atom stereocenters. The van der Waals surface area contributed by atoms with Gasteiger partial charge in [-0.15, -0.1) is 0 Å². The third kappa shape index (κ3) is 2.57. The van der Waals surface area contributed by atoms with Crippen molar-refractivity contribution < 1.29 is 34.3 Å². The smallest absolute Gasteiger partial charge is 0.164 e. The first-order chi connectivity index (χ1) is 12.6. The first-order valence-electron chi connectivity index (χ1n) is 9.22. The summed E-state index contributed by atoms with van der Waals surface area (Å²) in [5, 5.41) is 31.7. The molecular weight excluding hydrogens is 356 g/mol. The number of ether oxygens (including phenoxy) is 4. The SMILES string of the molecule is CC1(C)O[C@H]2[C@H](O)[C@H](O)c3nc4c(nc3[C@H]2O1)C[C@@H](O)[C@@H]1OC(C)(C)O[C@H]41. The first kappa shape index (κ1) is 17.9. The first-order valence-corrected chi connectivity index (χ1v) is 9.22. The van der Waals surface area contributed by atoms with Crippen molar-refractivity contribution in [3.63, 3.8) is 0 Å². The average molecular weight is 380 g/mol. The van der Waals surface area contributed by atoms with Gasteiger partial charge in [0.1, 0.15) is 36.6 Å². The van der Waals surface area contributed by atoms with E-state index in [2.05, 4.69) is 9.97 Å². The second-order valence-corrected chi connectivity index (χ2v) is 8.57. The number of rotatable bonds is 0. The van der Waals surface area contributed by atoms with E-state index >= 15 is 0 Å². The van der Waals surface area contributed by atoms with Gasteiger partial charge in [-0.1, -0.05) is 0 Å². The van der Waals surface area contributed by atoms with Gasteiger partial charge in [0.05, 0.1) is 28.9 Å². The molecule has 3 N–H and O–H groups in total. The maximum absolute atomic E-state index is 10.6. The fraction of sp³-hybridized carbons (Fsp3) is 0.778. The number of aliphatic hydroxyl groups is 3. The monoisotopic (exact) mass is 380 g/mol. The Balaban J connectivity index is 1.62. The van der Waals surface area contributed by atoms with E-state index in [1.165, 1.54) is 0 Å². The molecule has 4 aliphatic rings. The molecule has 5 rings (SSSR count). The van der Waals surface area contributed by atoms with E-state index in [1.54, 1.807) is 27.7 Å². The quantitative estimate of drug-likeness (QED) is 0.578. The van der Waals surface area contributed by atoms with Crippen molar-refractivity contribution in [1.82, 2.24) is 9.97 Å². The predicted molar refractivity (Wildman–Crippen MR) is 88.3 cm³/mol. The molecule has 27 heavy (non-hydrogen) atoms. The van der Waals surface area contributed by atoms with Crippen LogP contribution < -0.4 is 0 Å². The van der Waals surface area contributed by atoms with Crippen LogP contribution >= 0.6 is 0 Å². The van der Waals surface area contributed by atoms with Crippen LogP contribution in [0.5, 0.6) is 0 Å². The summed E-state index contributed by atoms with van der Waals surface area (Å²) in [7, 11) is 0. The van der Waals surface area contributed by atoms with E-state index in [0.29, 0.717) is 17.1 Å². The van der Waals surface area contributed by atoms with Crippen molar-refractivity contribution >= 4 is 0 Å². The lowest BCUT2D eigenvalue weighted by Crippen LogP contribution is -2.44. The summed E-state index contributed by atoms with van der Waals surface area (Å²) in [6, 6.07) is 0. The highest BCUT2D eigenvalue weighted by Gasteiger charge is 2.55. The highest BCUT2D eigenvalue weighted by atomic mass is 16.8. The van der Waals surface area contributed by atoms with Crippen molar-refractivity contribution in [1.29, 1.82) is 0 Å². The lowest BCUT2D eigenvalue weighted by Gasteiger charge is -2.35. The van der Waals surface area contributed by atoms with Crippen LogP contribution in [0.15, 0.2) is 0 Å². The molecule has 148 valence electrons. The Morgan fingerprint density at radius 1 is 0.778 bits per heavy atom. The Bertz CT molecular complexity index is 798. The molecule has 0 bridgehead atoms. The van der Waals surface area contributed by atoms with E-state index in [4.69, 9.17) is 18.9 Å². The molecule has 2 saturated heterocycles. The van der Waals surface area contributed by atoms with Gasteiger partial charge < -0.3 is 34.3 Å². The Kier molecular flexibility index (Phi) is 3.60. The Labute approximate surface area is 156 Å². The van der Waals surface area contributed by atoms with Gasteiger partial charge in [0.25, 0.3) is 0 Å². The van der Waals surface area contributed by atoms with Crippen LogP contribution in [0.2, 0.25) is 0 Å². The van der Waals surface area contributed by atoms with Crippen LogP contribution in [0, 0.1) is 0 Å². The molecule has 3 heterocycles. The van der Waals surface area contributed by atoms with Gasteiger partial charge in [-0.05, 0) is 27.7 Å². The van der Waals surface area contributed by atoms with Crippen LogP contribution in [-0.2, 0) is 25.4 Å². The van der Waals surface area contributed by atoms with Gasteiger partial charge in [0.2, 0.25) is 0 Å². The van der Waals surface area contributed by atoms with Crippen molar-refractivity contribution in [2.75, 3.05) is 0 Å². The summed E-state index contributed by atoms with van der Waals surface area (Å²) in [6.45, 7) is 7.04. The van der Waals surface area contributed by atoms with Gasteiger partial charge in [-0.2, -0.15) is 0 Å². The highest BCUT2D eigenvalue weighted by Crippen LogP contribution is 2.49. The minimum atomic E-state index is -1.25. The molecule has 9 nitrogen and oxygen atoms in total. The zero-order valence-corrected chi connectivity index (χ0v) is 15.6. The van der Waals surface area contributed by atoms with E-state index in [0.717, 1.165) is 0 Å². The molecule has 1 aromatic heterocycles. The van der Waals surface area contributed by atoms with Gasteiger partial charge in [0, 0.05) is 6.42 Å². The second kappa shape index (κ2) is 5.44. The molecule has 2 aliphatic heterocycles. The van der Waals surface area contributed by atoms with Crippen LogP contribution in [0.3, 0.4) is 0 Å². The zero-order valence-electron chi connectivity index (χ0n) is 15.6. The minimum absolute atomic E-state index is 0.257. The summed E-state index contributed by atoms with van der Waals surface area (Å²) < 4.78 is 23.4. The average Bonchev–Trinajstić information content (AvgIpc) is 3.08. The normalized spacial score (nSPS) is 43.6. The summed E-state index contributed by atoms with van der Waals surface area (Å²) in [6.07, 6.45) is -5.46. The van der Waals surface area contributed by atoms with Crippen molar-refractivity contribution in [3.05, 3.63) is 22.8 Å². The predicted octanol–water partition coefficient (Wildman–Crippen LogP) is 0.187. The van der Waals surface area contributed by atoms with E-state index in [-0.39, 0.29) is 12.1 Å². The van der Waals surface area contributed by atoms with Gasteiger partial charge in [-0.25, -0.2) is 4.98 Å². The van der Waals surface area contributed by atoms with E-state index in [9.17, 15) is 15.3 Å². The molecule has 2 fully saturated rings. The van der Waals surface area contributed by atoms with E-state index in [1.807, 2.05) is 0 Å². The maximum Gasteiger partial charge on any atom is 0.164 e. The Hall–Kier alpha value is -1.20. The minimum Gasteiger partial charge on any atom is -0.390 e. The number of hydrogen-bond donors (Lipinski definition) is 3. The number of aromatic nitrogens is 2. The molecular formula is C18H24N2O7. The third-order valence-electron chi connectivity index (χ3n) is 5.57. The van der Waals surface area contributed by atoms with Gasteiger partial charge in [0.15, 0.2) is 11.6 Å². The van der Waals surface area contributed by atoms with Crippen LogP contribution in [0.25, 0.3) is 0 Å². The Morgan fingerprint density at radius 3 is 2.04 bits per heavy atom. The maximum atomic E-state index is 10.6. The molecule has 0 aromatic carbocycles. The zero-order chi connectivity index (χ0) is 19.3. The number of aliphatic hydroxyl groups excluding tert-OH is 3. The van der Waals surface area contributed by atoms with Crippen molar-refractivity contribution in [2.24, 2.45) is 0 Å². The number of fused-ring (bicyclic) bond motifs is 6. The molecule has 7 atom stereocenters. The highest BCUT2D eigenvalue weighted by molar-refractivity contribution is 5.33. The number of nitrogens with zero attached hydrogens (tertiary/aromatic N) is 2. The molecule has 2 aliphatic carbocycles. The topological polar surface area (TPSA) is 123 Å². The summed E-state index contributed by atoms with van der Waals surface area (Å²) >= 11 is 0. The summed E-state index contributed by atoms with van der Waals surface area (Å²) in [5.41, 5.74) is 1.80. The molecule has 9 heteroatoms. The van der Waals surface area contributed by atoms with Crippen LogP contribution in [0.4, 0.5) is 0 Å². The standard InChI is InChI=1S/C18H24N2O7/c1-17(2)24-13-7(21)5-6-8(14(13)25-17)20-9-10(19-6)15-16(12(23)11(9)22)27-18(3,4)26-15/h7,11-16,21-23H,5H2,1-4H3/t7-,11-,12-,13+,14-,15-,16+/m1/s1. The molecule has 1 aromatic rings. The summed E-state index contributed by atoms with van der Waals surface area (Å²) in [4.78, 5) is 9.28. The van der Waals surface area contributed by atoms with Crippen LogP contribution in [-0.4, -0.2) is 61.3 Å². The third-order valence-corrected chi connectivity index (χ3v) is 5.57. The lowest BCUT2D eigenvalue weighted by molar-refractivity contribution is -0.161. The fourth-order valence-electron chi connectivity index (χ4n) is 4.50.